The van der Waals surface area contributed by atoms with Crippen molar-refractivity contribution in [2.45, 2.75) is 64.4 Å². The molecule has 0 radical (unpaired) electrons. The summed E-state index contributed by atoms with van der Waals surface area (Å²) in [6.07, 6.45) is -1.38. The number of carboxylic acids is 1. The highest BCUT2D eigenvalue weighted by Crippen LogP contribution is 2.22. The Bertz CT molecular complexity index is 1200. The number of benzene rings is 3. The molecule has 0 heterocycles. The third-order valence-electron chi connectivity index (χ3n) is 6.31. The molecule has 0 aliphatic rings. The van der Waals surface area contributed by atoms with Crippen LogP contribution in [0.4, 0.5) is 4.79 Å². The van der Waals surface area contributed by atoms with E-state index in [9.17, 15) is 19.8 Å². The molecule has 3 aromatic rings. The first-order chi connectivity index (χ1) is 19.0. The molecule has 0 saturated carbocycles. The second-order valence-corrected chi connectivity index (χ2v) is 10.8. The van der Waals surface area contributed by atoms with Gasteiger partial charge in [-0.15, -0.1) is 0 Å². The minimum Gasteiger partial charge on any atom is -0.497 e. The fourth-order valence-corrected chi connectivity index (χ4v) is 4.23. The molecule has 0 aliphatic heterocycles. The summed E-state index contributed by atoms with van der Waals surface area (Å²) in [7, 11) is 1.56. The summed E-state index contributed by atoms with van der Waals surface area (Å²) in [5, 5.41) is 23.8. The van der Waals surface area contributed by atoms with Gasteiger partial charge in [-0.05, 0) is 81.0 Å². The molecule has 3 aromatic carbocycles. The van der Waals surface area contributed by atoms with Crippen LogP contribution >= 0.6 is 0 Å². The van der Waals surface area contributed by atoms with Crippen molar-refractivity contribution >= 4 is 12.1 Å². The average Bonchev–Trinajstić information content (AvgIpc) is 2.91. The second-order valence-electron chi connectivity index (χ2n) is 10.8. The molecule has 0 bridgehead atoms. The normalized spacial score (nSPS) is 13.5. The lowest BCUT2D eigenvalue weighted by molar-refractivity contribution is -0.143. The Morgan fingerprint density at radius 3 is 1.95 bits per heavy atom. The van der Waals surface area contributed by atoms with Gasteiger partial charge >= 0.3 is 12.1 Å². The summed E-state index contributed by atoms with van der Waals surface area (Å²) in [5.41, 5.74) is 1.98. The van der Waals surface area contributed by atoms with Gasteiger partial charge in [-0.3, -0.25) is 4.79 Å². The van der Waals surface area contributed by atoms with Gasteiger partial charge in [-0.1, -0.05) is 54.6 Å². The largest absolute Gasteiger partial charge is 0.497 e. The Morgan fingerprint density at radius 2 is 1.40 bits per heavy atom. The Morgan fingerprint density at radius 1 is 0.825 bits per heavy atom. The van der Waals surface area contributed by atoms with Gasteiger partial charge in [-0.2, -0.15) is 0 Å². The number of hydrogen-bond donors (Lipinski definition) is 3. The molecule has 3 N–H and O–H groups in total. The van der Waals surface area contributed by atoms with Crippen LogP contribution in [0.1, 0.15) is 43.9 Å². The van der Waals surface area contributed by atoms with Gasteiger partial charge in [0, 0.05) is 0 Å². The molecule has 8 nitrogen and oxygen atoms in total. The predicted molar refractivity (Wildman–Crippen MR) is 153 cm³/mol. The minimum absolute atomic E-state index is 0.0555. The van der Waals surface area contributed by atoms with E-state index in [1.807, 2.05) is 54.6 Å². The zero-order chi connectivity index (χ0) is 29.1. The summed E-state index contributed by atoms with van der Waals surface area (Å²) >= 11 is 0. The second kappa shape index (κ2) is 14.4. The van der Waals surface area contributed by atoms with Gasteiger partial charge in [0.25, 0.3) is 0 Å². The Labute approximate surface area is 235 Å². The third-order valence-corrected chi connectivity index (χ3v) is 6.31. The van der Waals surface area contributed by atoms with Crippen LogP contribution in [0.3, 0.4) is 0 Å². The summed E-state index contributed by atoms with van der Waals surface area (Å²) < 4.78 is 16.4. The van der Waals surface area contributed by atoms with E-state index in [4.69, 9.17) is 14.2 Å². The first-order valence-electron chi connectivity index (χ1n) is 13.3. The van der Waals surface area contributed by atoms with Gasteiger partial charge in [0.05, 0.1) is 25.2 Å². The van der Waals surface area contributed by atoms with E-state index < -0.39 is 35.7 Å². The Kier molecular flexibility index (Phi) is 11.0. The molecular formula is C32H39NO7. The van der Waals surface area contributed by atoms with Crippen molar-refractivity contribution in [2.24, 2.45) is 5.92 Å². The van der Waals surface area contributed by atoms with Gasteiger partial charge < -0.3 is 29.7 Å². The van der Waals surface area contributed by atoms with E-state index in [-0.39, 0.29) is 19.3 Å². The number of carboxylic acid groups (broad SMARTS) is 1. The summed E-state index contributed by atoms with van der Waals surface area (Å²) in [5.74, 6) is -0.519. The van der Waals surface area contributed by atoms with Crippen LogP contribution in [-0.4, -0.2) is 47.1 Å². The molecule has 8 heteroatoms. The monoisotopic (exact) mass is 549 g/mol. The van der Waals surface area contributed by atoms with Crippen molar-refractivity contribution in [3.8, 4) is 11.5 Å². The topological polar surface area (TPSA) is 114 Å². The molecule has 0 spiro atoms. The molecule has 40 heavy (non-hydrogen) atoms. The van der Waals surface area contributed by atoms with Crippen molar-refractivity contribution in [1.29, 1.82) is 0 Å². The van der Waals surface area contributed by atoms with Crippen LogP contribution in [0.2, 0.25) is 0 Å². The highest BCUT2D eigenvalue weighted by Gasteiger charge is 2.30. The average molecular weight is 550 g/mol. The fourth-order valence-electron chi connectivity index (χ4n) is 4.23. The van der Waals surface area contributed by atoms with E-state index in [0.29, 0.717) is 18.1 Å². The summed E-state index contributed by atoms with van der Waals surface area (Å²) in [6, 6.07) is 23.6. The third kappa shape index (κ3) is 10.3. The summed E-state index contributed by atoms with van der Waals surface area (Å²) in [4.78, 5) is 24.7. The fraction of sp³-hybridized carbons (Fsp3) is 0.375. The molecule has 3 rings (SSSR count). The highest BCUT2D eigenvalue weighted by atomic mass is 16.6. The maximum absolute atomic E-state index is 12.6. The molecule has 214 valence electrons. The number of alkyl carbamates (subject to hydrolysis) is 1. The van der Waals surface area contributed by atoms with Gasteiger partial charge in [-0.25, -0.2) is 4.79 Å². The number of amides is 1. The standard InChI is InChI=1S/C32H39NO7/c1-32(2,3)40-31(37)33-28(19-23-12-16-27(17-13-23)39-21-24-8-6-5-7-9-24)29(34)20-25(30(35)36)18-22-10-14-26(38-4)15-11-22/h5-17,25,28-29,34H,18-21H2,1-4H3,(H,33,37)(H,35,36)/t25-,28+,29+/m1/s1. The predicted octanol–water partition coefficient (Wildman–Crippen LogP) is 5.40. The van der Waals surface area contributed by atoms with Crippen LogP contribution in [0.5, 0.6) is 11.5 Å². The lowest BCUT2D eigenvalue weighted by atomic mass is 9.89. The van der Waals surface area contributed by atoms with E-state index >= 15 is 0 Å². The van der Waals surface area contributed by atoms with Crippen molar-refractivity contribution in [1.82, 2.24) is 5.32 Å². The van der Waals surface area contributed by atoms with Crippen molar-refractivity contribution < 1.29 is 34.0 Å². The van der Waals surface area contributed by atoms with Crippen LogP contribution in [-0.2, 0) is 29.0 Å². The number of aliphatic hydroxyl groups is 1. The molecule has 0 aromatic heterocycles. The number of rotatable bonds is 13. The van der Waals surface area contributed by atoms with E-state index in [2.05, 4.69) is 5.32 Å². The molecular weight excluding hydrogens is 510 g/mol. The minimum atomic E-state index is -1.14. The molecule has 0 fully saturated rings. The first-order valence-corrected chi connectivity index (χ1v) is 13.3. The van der Waals surface area contributed by atoms with Crippen molar-refractivity contribution in [3.63, 3.8) is 0 Å². The van der Waals surface area contributed by atoms with Crippen LogP contribution in [0.25, 0.3) is 0 Å². The number of aliphatic hydroxyl groups excluding tert-OH is 1. The number of hydrogen-bond acceptors (Lipinski definition) is 6. The molecule has 1 amide bonds. The van der Waals surface area contributed by atoms with Gasteiger partial charge in [0.2, 0.25) is 0 Å². The zero-order valence-electron chi connectivity index (χ0n) is 23.5. The first kappa shape index (κ1) is 30.5. The lowest BCUT2D eigenvalue weighted by Crippen LogP contribution is -2.47. The molecule has 0 unspecified atom stereocenters. The smallest absolute Gasteiger partial charge is 0.407 e. The van der Waals surface area contributed by atoms with E-state index in [1.165, 1.54) is 0 Å². The molecule has 0 aliphatic carbocycles. The van der Waals surface area contributed by atoms with Gasteiger partial charge in [0.1, 0.15) is 23.7 Å². The Hall–Kier alpha value is -4.04. The molecule has 3 atom stereocenters. The number of ether oxygens (including phenoxy) is 3. The number of carbonyl (C=O) groups excluding carboxylic acids is 1. The maximum Gasteiger partial charge on any atom is 0.407 e. The van der Waals surface area contributed by atoms with Crippen molar-refractivity contribution in [2.75, 3.05) is 7.11 Å². The Balaban J connectivity index is 1.70. The SMILES string of the molecule is COc1ccc(C[C@H](C[C@H](O)[C@H](Cc2ccc(OCc3ccccc3)cc2)NC(=O)OC(C)(C)C)C(=O)O)cc1. The van der Waals surface area contributed by atoms with E-state index in [1.54, 1.807) is 52.1 Å². The quantitative estimate of drug-likeness (QED) is 0.261. The van der Waals surface area contributed by atoms with Gasteiger partial charge in [0.15, 0.2) is 0 Å². The van der Waals surface area contributed by atoms with Crippen LogP contribution in [0, 0.1) is 5.92 Å². The maximum atomic E-state index is 12.6. The van der Waals surface area contributed by atoms with Crippen LogP contribution in [0.15, 0.2) is 78.9 Å². The van der Waals surface area contributed by atoms with Crippen LogP contribution < -0.4 is 14.8 Å². The summed E-state index contributed by atoms with van der Waals surface area (Å²) in [6.45, 7) is 5.69. The van der Waals surface area contributed by atoms with Crippen molar-refractivity contribution in [3.05, 3.63) is 95.6 Å². The number of nitrogens with one attached hydrogen (secondary N) is 1. The molecule has 0 saturated heterocycles. The lowest BCUT2D eigenvalue weighted by Gasteiger charge is -2.28. The number of carbonyl (C=O) groups is 2. The number of aliphatic carboxylic acids is 1. The zero-order valence-corrected chi connectivity index (χ0v) is 23.5. The van der Waals surface area contributed by atoms with E-state index in [0.717, 1.165) is 16.7 Å². The number of methoxy groups -OCH3 is 1. The highest BCUT2D eigenvalue weighted by molar-refractivity contribution is 5.71.